The van der Waals surface area contributed by atoms with E-state index in [2.05, 4.69) is 4.99 Å². The summed E-state index contributed by atoms with van der Waals surface area (Å²) in [7, 11) is 0. The molecule has 0 unspecified atom stereocenters. The van der Waals surface area contributed by atoms with Crippen molar-refractivity contribution in [3.8, 4) is 0 Å². The number of aryl methyl sites for hydroxylation is 1. The van der Waals surface area contributed by atoms with Gasteiger partial charge >= 0.3 is 0 Å². The van der Waals surface area contributed by atoms with Crippen molar-refractivity contribution in [3.05, 3.63) is 42.0 Å². The highest BCUT2D eigenvalue weighted by Crippen LogP contribution is 2.07. The molecule has 0 atom stereocenters. The molecule has 1 aromatic carbocycles. The van der Waals surface area contributed by atoms with Gasteiger partial charge in [0.2, 0.25) is 6.41 Å². The first-order valence-corrected chi connectivity index (χ1v) is 4.92. The monoisotopic (exact) mass is 200 g/mol. The highest BCUT2D eigenvalue weighted by Gasteiger charge is 1.97. The van der Waals surface area contributed by atoms with Crippen LogP contribution in [0.4, 0.5) is 0 Å². The van der Waals surface area contributed by atoms with E-state index in [0.29, 0.717) is 6.41 Å². The molecular formula is C12H12N2O. The summed E-state index contributed by atoms with van der Waals surface area (Å²) in [5.41, 5.74) is 0.727. The van der Waals surface area contributed by atoms with E-state index >= 15 is 0 Å². The summed E-state index contributed by atoms with van der Waals surface area (Å²) < 4.78 is 1.96. The molecule has 2 aromatic rings. The van der Waals surface area contributed by atoms with Gasteiger partial charge in [-0.3, -0.25) is 4.79 Å². The number of carbonyl (C=O) groups excluding carboxylic acids is 1. The number of amides is 1. The van der Waals surface area contributed by atoms with Crippen LogP contribution in [0, 0.1) is 0 Å². The molecule has 0 aliphatic heterocycles. The second-order valence-corrected chi connectivity index (χ2v) is 3.25. The van der Waals surface area contributed by atoms with E-state index in [1.165, 1.54) is 0 Å². The number of hydrogen-bond acceptors (Lipinski definition) is 1. The number of benzene rings is 1. The van der Waals surface area contributed by atoms with E-state index in [1.54, 1.807) is 0 Å². The van der Waals surface area contributed by atoms with Gasteiger partial charge < -0.3 is 4.57 Å². The maximum Gasteiger partial charge on any atom is 0.234 e. The minimum atomic E-state index is 0.591. The van der Waals surface area contributed by atoms with Crippen molar-refractivity contribution in [2.45, 2.75) is 13.5 Å². The highest BCUT2D eigenvalue weighted by atomic mass is 16.1. The van der Waals surface area contributed by atoms with Gasteiger partial charge in [0, 0.05) is 18.1 Å². The van der Waals surface area contributed by atoms with Crippen molar-refractivity contribution in [2.75, 3.05) is 0 Å². The van der Waals surface area contributed by atoms with Crippen LogP contribution in [-0.2, 0) is 11.3 Å². The van der Waals surface area contributed by atoms with Crippen molar-refractivity contribution in [1.29, 1.82) is 0 Å². The largest absolute Gasteiger partial charge is 0.333 e. The normalized spacial score (nSPS) is 11.9. The molecule has 0 N–H and O–H groups in total. The zero-order valence-corrected chi connectivity index (χ0v) is 8.55. The predicted molar refractivity (Wildman–Crippen MR) is 59.2 cm³/mol. The van der Waals surface area contributed by atoms with Crippen LogP contribution in [0.25, 0.3) is 10.8 Å². The number of rotatable bonds is 2. The number of hydrogen-bond donors (Lipinski definition) is 0. The lowest BCUT2D eigenvalue weighted by atomic mass is 10.2. The fourth-order valence-electron chi connectivity index (χ4n) is 1.69. The lowest BCUT2D eigenvalue weighted by Crippen LogP contribution is -2.20. The summed E-state index contributed by atoms with van der Waals surface area (Å²) in [6.07, 6.45) is 2.54. The van der Waals surface area contributed by atoms with E-state index < -0.39 is 0 Å². The Morgan fingerprint density at radius 1 is 1.33 bits per heavy atom. The quantitative estimate of drug-likeness (QED) is 0.680. The van der Waals surface area contributed by atoms with Crippen LogP contribution in [0.3, 0.4) is 0 Å². The third kappa shape index (κ3) is 1.68. The van der Waals surface area contributed by atoms with E-state index in [9.17, 15) is 4.79 Å². The molecule has 15 heavy (non-hydrogen) atoms. The van der Waals surface area contributed by atoms with Crippen LogP contribution < -0.4 is 5.49 Å². The molecule has 0 aliphatic carbocycles. The second kappa shape index (κ2) is 4.09. The maximum absolute atomic E-state index is 10.5. The molecule has 2 rings (SSSR count). The molecule has 1 amide bonds. The van der Waals surface area contributed by atoms with Gasteiger partial charge in [-0.1, -0.05) is 24.3 Å². The van der Waals surface area contributed by atoms with Crippen LogP contribution in [0.1, 0.15) is 6.92 Å². The molecule has 0 aliphatic rings. The van der Waals surface area contributed by atoms with E-state index in [0.717, 1.165) is 22.8 Å². The molecule has 3 heteroatoms. The van der Waals surface area contributed by atoms with E-state index in [4.69, 9.17) is 0 Å². The average Bonchev–Trinajstić information content (AvgIpc) is 2.30. The first-order valence-electron chi connectivity index (χ1n) is 4.92. The number of pyridine rings is 1. The van der Waals surface area contributed by atoms with E-state index in [-0.39, 0.29) is 0 Å². The van der Waals surface area contributed by atoms with Crippen molar-refractivity contribution < 1.29 is 4.79 Å². The van der Waals surface area contributed by atoms with Gasteiger partial charge in [-0.2, -0.15) is 4.99 Å². The second-order valence-electron chi connectivity index (χ2n) is 3.25. The fraction of sp³-hybridized carbons (Fsp3) is 0.167. The summed E-state index contributed by atoms with van der Waals surface area (Å²) in [6, 6.07) is 9.95. The van der Waals surface area contributed by atoms with Gasteiger partial charge in [0.25, 0.3) is 0 Å². The first kappa shape index (κ1) is 9.65. The van der Waals surface area contributed by atoms with Crippen LogP contribution in [0.15, 0.2) is 41.5 Å². The third-order valence-corrected chi connectivity index (χ3v) is 2.42. The summed E-state index contributed by atoms with van der Waals surface area (Å²) in [5, 5.41) is 2.11. The molecule has 0 fully saturated rings. The van der Waals surface area contributed by atoms with Gasteiger partial charge in [0.1, 0.15) is 5.49 Å². The van der Waals surface area contributed by atoms with Crippen LogP contribution in [0.2, 0.25) is 0 Å². The summed E-state index contributed by atoms with van der Waals surface area (Å²) in [6.45, 7) is 2.83. The molecule has 1 aromatic heterocycles. The van der Waals surface area contributed by atoms with Crippen molar-refractivity contribution in [1.82, 2.24) is 4.57 Å². The Bertz CT molecular complexity index is 555. The Kier molecular flexibility index (Phi) is 2.63. The number of carbonyl (C=O) groups is 1. The standard InChI is InChI=1S/C12H12N2O/c1-2-14-8-7-10-5-3-4-6-11(10)12(14)13-9-15/h3-9H,2H2,1H3. The van der Waals surface area contributed by atoms with Crippen molar-refractivity contribution >= 4 is 17.2 Å². The van der Waals surface area contributed by atoms with Crippen LogP contribution >= 0.6 is 0 Å². The average molecular weight is 200 g/mol. The topological polar surface area (TPSA) is 34.4 Å². The minimum absolute atomic E-state index is 0.591. The molecule has 1 heterocycles. The van der Waals surface area contributed by atoms with Gasteiger partial charge in [-0.25, -0.2) is 0 Å². The zero-order valence-electron chi connectivity index (χ0n) is 8.55. The molecule has 0 spiro atoms. The molecular weight excluding hydrogens is 188 g/mol. The van der Waals surface area contributed by atoms with Gasteiger partial charge in [-0.05, 0) is 18.4 Å². The maximum atomic E-state index is 10.5. The zero-order chi connectivity index (χ0) is 10.7. The smallest absolute Gasteiger partial charge is 0.234 e. The lowest BCUT2D eigenvalue weighted by molar-refractivity contribution is -0.107. The predicted octanol–water partition coefficient (Wildman–Crippen LogP) is 1.72. The molecule has 0 saturated carbocycles. The third-order valence-electron chi connectivity index (χ3n) is 2.42. The Morgan fingerprint density at radius 3 is 2.87 bits per heavy atom. The summed E-state index contributed by atoms with van der Waals surface area (Å²) in [5.74, 6) is 0. The van der Waals surface area contributed by atoms with Gasteiger partial charge in [0.15, 0.2) is 0 Å². The number of fused-ring (bicyclic) bond motifs is 1. The highest BCUT2D eigenvalue weighted by molar-refractivity contribution is 5.81. The molecule has 76 valence electrons. The number of nitrogens with zero attached hydrogens (tertiary/aromatic N) is 2. The van der Waals surface area contributed by atoms with Crippen LogP contribution in [0.5, 0.6) is 0 Å². The Morgan fingerprint density at radius 2 is 2.13 bits per heavy atom. The lowest BCUT2D eigenvalue weighted by Gasteiger charge is -2.05. The molecule has 0 saturated heterocycles. The van der Waals surface area contributed by atoms with Gasteiger partial charge in [0.05, 0.1) is 0 Å². The van der Waals surface area contributed by atoms with Crippen molar-refractivity contribution in [2.24, 2.45) is 4.99 Å². The minimum Gasteiger partial charge on any atom is -0.333 e. The SMILES string of the molecule is CCn1ccc2ccccc2c1=NC=O. The van der Waals surface area contributed by atoms with Gasteiger partial charge in [-0.15, -0.1) is 0 Å². The molecule has 0 radical (unpaired) electrons. The Labute approximate surface area is 87.7 Å². The van der Waals surface area contributed by atoms with Crippen LogP contribution in [-0.4, -0.2) is 11.0 Å². The summed E-state index contributed by atoms with van der Waals surface area (Å²) in [4.78, 5) is 14.4. The van der Waals surface area contributed by atoms with E-state index in [1.807, 2.05) is 48.0 Å². The fourth-order valence-corrected chi connectivity index (χ4v) is 1.69. The summed E-state index contributed by atoms with van der Waals surface area (Å²) >= 11 is 0. The number of aromatic nitrogens is 1. The Balaban J connectivity index is 2.91. The Hall–Kier alpha value is -1.90. The molecule has 0 bridgehead atoms. The molecule has 3 nitrogen and oxygen atoms in total. The first-order chi connectivity index (χ1) is 7.36. The van der Waals surface area contributed by atoms with Crippen molar-refractivity contribution in [3.63, 3.8) is 0 Å².